The lowest BCUT2D eigenvalue weighted by Gasteiger charge is -2.18. The number of ether oxygens (including phenoxy) is 1. The summed E-state index contributed by atoms with van der Waals surface area (Å²) in [5, 5.41) is 2.82. The van der Waals surface area contributed by atoms with Crippen LogP contribution in [-0.2, 0) is 11.3 Å². The van der Waals surface area contributed by atoms with Gasteiger partial charge in [-0.25, -0.2) is 4.79 Å². The molecule has 0 fully saturated rings. The summed E-state index contributed by atoms with van der Waals surface area (Å²) in [5.41, 5.74) is 0.763. The van der Waals surface area contributed by atoms with Gasteiger partial charge in [0.05, 0.1) is 23.5 Å². The lowest BCUT2D eigenvalue weighted by Crippen LogP contribution is -2.36. The molecule has 1 atom stereocenters. The van der Waals surface area contributed by atoms with Crippen LogP contribution in [0.5, 0.6) is 5.75 Å². The second-order valence-corrected chi connectivity index (χ2v) is 9.80. The summed E-state index contributed by atoms with van der Waals surface area (Å²) in [5.74, 6) is -1.73. The number of carbonyl (C=O) groups excluding carboxylic acids is 1. The minimum atomic E-state index is -5.26. The van der Waals surface area contributed by atoms with E-state index in [9.17, 15) is 35.9 Å². The zero-order valence-corrected chi connectivity index (χ0v) is 23.4. The fraction of sp³-hybridized carbons (Fsp3) is 0.241. The van der Waals surface area contributed by atoms with E-state index in [1.807, 2.05) is 6.92 Å². The third kappa shape index (κ3) is 7.41. The first kappa shape index (κ1) is 31.7. The van der Waals surface area contributed by atoms with Crippen LogP contribution in [0.3, 0.4) is 0 Å². The number of alkyl halides is 6. The van der Waals surface area contributed by atoms with E-state index in [2.05, 4.69) is 14.9 Å². The van der Waals surface area contributed by atoms with Crippen molar-refractivity contribution in [3.05, 3.63) is 98.6 Å². The predicted octanol–water partition coefficient (Wildman–Crippen LogP) is 7.31. The SMILES string of the molecule is Cc1c(Cl)c(=O)c(-c2ccc(-c3ccc(CNC(C)c4ccc(OC(F)(F)F)cc4)o3)cc2)c(C)n1OC(=O)C(F)(F)F. The zero-order chi connectivity index (χ0) is 31.7. The van der Waals surface area contributed by atoms with Crippen molar-refractivity contribution in [3.8, 4) is 28.2 Å². The van der Waals surface area contributed by atoms with Gasteiger partial charge >= 0.3 is 18.5 Å². The van der Waals surface area contributed by atoms with E-state index in [1.54, 1.807) is 36.4 Å². The normalized spacial score (nSPS) is 12.7. The van der Waals surface area contributed by atoms with Gasteiger partial charge in [-0.15, -0.1) is 13.2 Å². The lowest BCUT2D eigenvalue weighted by molar-refractivity contribution is -0.274. The molecule has 0 aliphatic heterocycles. The van der Waals surface area contributed by atoms with Crippen molar-refractivity contribution in [3.63, 3.8) is 0 Å². The van der Waals surface area contributed by atoms with Crippen LogP contribution in [0, 0.1) is 13.8 Å². The van der Waals surface area contributed by atoms with Crippen molar-refractivity contribution in [2.75, 3.05) is 0 Å². The number of hydrogen-bond donors (Lipinski definition) is 1. The van der Waals surface area contributed by atoms with Crippen LogP contribution in [0.25, 0.3) is 22.5 Å². The number of hydrogen-bond acceptors (Lipinski definition) is 6. The summed E-state index contributed by atoms with van der Waals surface area (Å²) in [6.07, 6.45) is -10.0. The molecule has 0 amide bonds. The van der Waals surface area contributed by atoms with Gasteiger partial charge in [0.1, 0.15) is 22.3 Å². The fourth-order valence-electron chi connectivity index (χ4n) is 4.25. The molecule has 2 aromatic carbocycles. The van der Waals surface area contributed by atoms with Crippen LogP contribution in [-0.4, -0.2) is 23.2 Å². The van der Waals surface area contributed by atoms with E-state index in [0.717, 1.165) is 5.56 Å². The Bertz CT molecular complexity index is 1680. The number of aromatic nitrogens is 1. The van der Waals surface area contributed by atoms with Crippen molar-refractivity contribution in [2.45, 2.75) is 45.9 Å². The molecule has 2 aromatic heterocycles. The molecule has 4 rings (SSSR count). The van der Waals surface area contributed by atoms with E-state index in [1.165, 1.54) is 38.1 Å². The molecular weight excluding hydrogens is 606 g/mol. The minimum absolute atomic E-state index is 0.0477. The predicted molar refractivity (Wildman–Crippen MR) is 144 cm³/mol. The summed E-state index contributed by atoms with van der Waals surface area (Å²) < 4.78 is 85.9. The van der Waals surface area contributed by atoms with Crippen LogP contribution in [0.15, 0.2) is 69.9 Å². The molecule has 7 nitrogen and oxygen atoms in total. The quantitative estimate of drug-likeness (QED) is 0.206. The topological polar surface area (TPSA) is 82.7 Å². The molecule has 0 saturated heterocycles. The molecule has 4 aromatic rings. The molecule has 14 heteroatoms. The van der Waals surface area contributed by atoms with Gasteiger partial charge in [-0.2, -0.15) is 17.9 Å². The molecule has 0 spiro atoms. The Morgan fingerprint density at radius 1 is 0.930 bits per heavy atom. The summed E-state index contributed by atoms with van der Waals surface area (Å²) in [4.78, 5) is 28.9. The average molecular weight is 629 g/mol. The maximum atomic E-state index is 12.9. The highest BCUT2D eigenvalue weighted by atomic mass is 35.5. The Labute approximate surface area is 245 Å². The van der Waals surface area contributed by atoms with Gasteiger partial charge in [0.25, 0.3) is 0 Å². The summed E-state index contributed by atoms with van der Waals surface area (Å²) >= 11 is 6.09. The number of pyridine rings is 1. The second kappa shape index (κ2) is 12.2. The Morgan fingerprint density at radius 2 is 1.53 bits per heavy atom. The van der Waals surface area contributed by atoms with E-state index < -0.39 is 29.0 Å². The number of furan rings is 1. The van der Waals surface area contributed by atoms with Crippen LogP contribution in [0.2, 0.25) is 5.02 Å². The molecule has 0 aliphatic rings. The maximum Gasteiger partial charge on any atom is 0.573 e. The smallest absolute Gasteiger partial charge is 0.460 e. The highest BCUT2D eigenvalue weighted by Crippen LogP contribution is 2.29. The molecule has 1 N–H and O–H groups in total. The van der Waals surface area contributed by atoms with Crippen LogP contribution < -0.4 is 20.3 Å². The third-order valence-corrected chi connectivity index (χ3v) is 6.88. The molecule has 228 valence electrons. The number of nitrogens with one attached hydrogen (secondary N) is 1. The maximum absolute atomic E-state index is 12.9. The first-order chi connectivity index (χ1) is 20.0. The monoisotopic (exact) mass is 628 g/mol. The van der Waals surface area contributed by atoms with Crippen molar-refractivity contribution in [2.24, 2.45) is 0 Å². The molecule has 43 heavy (non-hydrogen) atoms. The van der Waals surface area contributed by atoms with Crippen molar-refractivity contribution < 1.29 is 45.1 Å². The number of nitrogens with zero attached hydrogens (tertiary/aromatic N) is 1. The van der Waals surface area contributed by atoms with Gasteiger partial charge in [-0.05, 0) is 56.2 Å². The Hall–Kier alpha value is -4.23. The van der Waals surface area contributed by atoms with Gasteiger partial charge in [0.15, 0.2) is 0 Å². The number of carbonyl (C=O) groups is 1. The van der Waals surface area contributed by atoms with Crippen LogP contribution in [0.4, 0.5) is 26.3 Å². The highest BCUT2D eigenvalue weighted by molar-refractivity contribution is 6.31. The van der Waals surface area contributed by atoms with E-state index in [-0.39, 0.29) is 28.7 Å². The van der Waals surface area contributed by atoms with E-state index in [4.69, 9.17) is 16.0 Å². The molecule has 1 unspecified atom stereocenters. The molecule has 0 saturated carbocycles. The highest BCUT2D eigenvalue weighted by Gasteiger charge is 2.42. The van der Waals surface area contributed by atoms with Gasteiger partial charge in [-0.3, -0.25) is 4.79 Å². The standard InChI is InChI=1S/C29H23ClF6N2O5/c1-15(18-8-10-21(11-9-18)42-29(34,35)36)37-14-22-12-13-23(41-22)19-4-6-20(7-5-19)24-16(2)38(17(3)25(30)26(24)39)43-27(40)28(31,32)33/h4-13,15,37H,14H2,1-3H3. The summed E-state index contributed by atoms with van der Waals surface area (Å²) in [6.45, 7) is 4.71. The molecule has 2 heterocycles. The lowest BCUT2D eigenvalue weighted by atomic mass is 10.0. The van der Waals surface area contributed by atoms with Gasteiger partial charge in [0, 0.05) is 11.6 Å². The van der Waals surface area contributed by atoms with Crippen LogP contribution in [0.1, 0.15) is 35.7 Å². The molecule has 0 radical (unpaired) electrons. The molecule has 0 bridgehead atoms. The first-order valence-corrected chi connectivity index (χ1v) is 12.9. The zero-order valence-electron chi connectivity index (χ0n) is 22.7. The van der Waals surface area contributed by atoms with Crippen molar-refractivity contribution >= 4 is 17.6 Å². The van der Waals surface area contributed by atoms with Gasteiger partial charge in [0.2, 0.25) is 5.43 Å². The average Bonchev–Trinajstić information content (AvgIpc) is 3.41. The van der Waals surface area contributed by atoms with E-state index in [0.29, 0.717) is 33.9 Å². The fourth-order valence-corrected chi connectivity index (χ4v) is 4.42. The third-order valence-electron chi connectivity index (χ3n) is 6.44. The van der Waals surface area contributed by atoms with Gasteiger partial charge in [-0.1, -0.05) is 48.0 Å². The Morgan fingerprint density at radius 3 is 2.12 bits per heavy atom. The largest absolute Gasteiger partial charge is 0.573 e. The Balaban J connectivity index is 1.48. The molecule has 0 aliphatic carbocycles. The van der Waals surface area contributed by atoms with Crippen molar-refractivity contribution in [1.82, 2.24) is 10.0 Å². The second-order valence-electron chi connectivity index (χ2n) is 9.42. The molecular formula is C29H23ClF6N2O5. The van der Waals surface area contributed by atoms with Crippen molar-refractivity contribution in [1.29, 1.82) is 0 Å². The van der Waals surface area contributed by atoms with Crippen LogP contribution >= 0.6 is 11.6 Å². The first-order valence-electron chi connectivity index (χ1n) is 12.5. The Kier molecular flexibility index (Phi) is 8.97. The number of halogens is 7. The minimum Gasteiger partial charge on any atom is -0.460 e. The number of benzene rings is 2. The summed E-state index contributed by atoms with van der Waals surface area (Å²) in [6, 6.07) is 15.1. The summed E-state index contributed by atoms with van der Waals surface area (Å²) in [7, 11) is 0. The van der Waals surface area contributed by atoms with E-state index >= 15 is 0 Å². The number of rotatable bonds is 8. The van der Waals surface area contributed by atoms with Gasteiger partial charge < -0.3 is 19.3 Å².